The van der Waals surface area contributed by atoms with Crippen LogP contribution in [0.25, 0.3) is 27.5 Å². The summed E-state index contributed by atoms with van der Waals surface area (Å²) in [5.41, 5.74) is 9.97. The molecule has 0 saturated heterocycles. The Kier molecular flexibility index (Phi) is 4.61. The Morgan fingerprint density at radius 1 is 0.895 bits per heavy atom. The Bertz CT molecular complexity index is 1740. The molecule has 192 valence electrons. The summed E-state index contributed by atoms with van der Waals surface area (Å²) in [7, 11) is -0.930. The molecule has 4 aliphatic rings. The average Bonchev–Trinajstić information content (AvgIpc) is 3.27. The van der Waals surface area contributed by atoms with E-state index >= 15 is 0 Å². The van der Waals surface area contributed by atoms with Gasteiger partial charge < -0.3 is 9.47 Å². The first-order valence-corrected chi connectivity index (χ1v) is 16.7. The standard InChI is InChI=1S/C35H36N2S/c1-35(2)26-13-5-6-15-29(26)37-28-21-20-23(22-25(28)24-12-11-14-27(35)34(24)37)36-30-16-7-9-18-32(30)38(3,4)33-19-10-8-17-31(33)36/h5,7,9-14,16,18-22,31,33H,6,8,15,17H2,1-4H3. The third-order valence-corrected chi connectivity index (χ3v) is 13.2. The third-order valence-electron chi connectivity index (χ3n) is 9.85. The summed E-state index contributed by atoms with van der Waals surface area (Å²) >= 11 is 0. The van der Waals surface area contributed by atoms with Gasteiger partial charge in [-0.2, -0.15) is 0 Å². The number of para-hydroxylation sites is 2. The van der Waals surface area contributed by atoms with Crippen LogP contribution in [0.4, 0.5) is 11.4 Å². The fraction of sp³-hybridized carbons (Fsp3) is 0.314. The number of aromatic nitrogens is 1. The van der Waals surface area contributed by atoms with Gasteiger partial charge in [0, 0.05) is 43.8 Å². The van der Waals surface area contributed by atoms with Crippen molar-refractivity contribution < 1.29 is 0 Å². The van der Waals surface area contributed by atoms with Gasteiger partial charge in [0.1, 0.15) is 0 Å². The molecule has 3 heterocycles. The van der Waals surface area contributed by atoms with Crippen LogP contribution in [0.2, 0.25) is 0 Å². The Morgan fingerprint density at radius 3 is 2.66 bits per heavy atom. The summed E-state index contributed by atoms with van der Waals surface area (Å²) in [5, 5.41) is 3.36. The quantitative estimate of drug-likeness (QED) is 0.229. The highest BCUT2D eigenvalue weighted by Gasteiger charge is 2.43. The largest absolute Gasteiger partial charge is 0.336 e. The summed E-state index contributed by atoms with van der Waals surface area (Å²) in [6.07, 6.45) is 19.4. The van der Waals surface area contributed by atoms with Gasteiger partial charge in [0.15, 0.2) is 0 Å². The summed E-state index contributed by atoms with van der Waals surface area (Å²) in [5.74, 6) is 0. The van der Waals surface area contributed by atoms with Crippen LogP contribution in [0.5, 0.6) is 0 Å². The van der Waals surface area contributed by atoms with Crippen molar-refractivity contribution in [3.8, 4) is 0 Å². The molecule has 2 aliphatic heterocycles. The molecule has 0 amide bonds. The fourth-order valence-electron chi connectivity index (χ4n) is 8.00. The minimum Gasteiger partial charge on any atom is -0.336 e. The highest BCUT2D eigenvalue weighted by Crippen LogP contribution is 2.64. The van der Waals surface area contributed by atoms with E-state index in [4.69, 9.17) is 0 Å². The van der Waals surface area contributed by atoms with Gasteiger partial charge in [0.25, 0.3) is 0 Å². The molecule has 0 radical (unpaired) electrons. The van der Waals surface area contributed by atoms with Crippen molar-refractivity contribution in [3.05, 3.63) is 96.1 Å². The lowest BCUT2D eigenvalue weighted by Crippen LogP contribution is -2.47. The Hall–Kier alpha value is -3.17. The van der Waals surface area contributed by atoms with Crippen molar-refractivity contribution in [2.45, 2.75) is 61.1 Å². The topological polar surface area (TPSA) is 8.17 Å². The molecule has 0 saturated carbocycles. The second kappa shape index (κ2) is 7.70. The van der Waals surface area contributed by atoms with Gasteiger partial charge in [-0.3, -0.25) is 0 Å². The zero-order valence-electron chi connectivity index (χ0n) is 22.9. The molecule has 3 aromatic carbocycles. The normalized spacial score (nSPS) is 25.3. The van der Waals surface area contributed by atoms with Crippen molar-refractivity contribution in [1.29, 1.82) is 0 Å². The average molecular weight is 517 g/mol. The van der Waals surface area contributed by atoms with E-state index in [0.717, 1.165) is 12.8 Å². The molecule has 0 N–H and O–H groups in total. The molecule has 4 aromatic rings. The van der Waals surface area contributed by atoms with Gasteiger partial charge >= 0.3 is 0 Å². The molecule has 0 bridgehead atoms. The molecule has 2 unspecified atom stereocenters. The lowest BCUT2D eigenvalue weighted by atomic mass is 9.72. The number of anilines is 2. The molecule has 1 aromatic heterocycles. The Balaban J connectivity index is 1.40. The van der Waals surface area contributed by atoms with Gasteiger partial charge in [-0.05, 0) is 79.7 Å². The molecule has 0 fully saturated rings. The van der Waals surface area contributed by atoms with Crippen molar-refractivity contribution in [2.24, 2.45) is 0 Å². The second-order valence-electron chi connectivity index (χ2n) is 12.4. The summed E-state index contributed by atoms with van der Waals surface area (Å²) < 4.78 is 2.61. The smallest absolute Gasteiger partial charge is 0.0578 e. The van der Waals surface area contributed by atoms with E-state index < -0.39 is 10.0 Å². The maximum absolute atomic E-state index is 2.70. The monoisotopic (exact) mass is 516 g/mol. The number of allylic oxidation sites excluding steroid dienone is 5. The van der Waals surface area contributed by atoms with Crippen LogP contribution >= 0.6 is 10.0 Å². The van der Waals surface area contributed by atoms with E-state index in [9.17, 15) is 0 Å². The highest BCUT2D eigenvalue weighted by atomic mass is 32.3. The zero-order valence-corrected chi connectivity index (χ0v) is 23.7. The number of hydrogen-bond donors (Lipinski definition) is 0. The molecule has 8 rings (SSSR count). The van der Waals surface area contributed by atoms with Crippen LogP contribution in [0.3, 0.4) is 0 Å². The Labute approximate surface area is 227 Å². The summed E-state index contributed by atoms with van der Waals surface area (Å²) in [6, 6.07) is 24.0. The van der Waals surface area contributed by atoms with E-state index in [-0.39, 0.29) is 5.41 Å². The number of nitrogens with zero attached hydrogens (tertiary/aromatic N) is 2. The number of benzene rings is 3. The lowest BCUT2D eigenvalue weighted by molar-refractivity contribution is 0.587. The highest BCUT2D eigenvalue weighted by molar-refractivity contribution is 8.33. The van der Waals surface area contributed by atoms with Crippen LogP contribution in [0, 0.1) is 0 Å². The summed E-state index contributed by atoms with van der Waals surface area (Å²) in [4.78, 5) is 4.24. The molecular weight excluding hydrogens is 480 g/mol. The van der Waals surface area contributed by atoms with E-state index in [0.29, 0.717) is 11.3 Å². The SMILES string of the molecule is CC1(C)C2=C(CCC=C2)n2c3ccc(N4c5ccccc5S(C)(C)C5C=CCCC54)cc3c3cccc1c32. The van der Waals surface area contributed by atoms with Gasteiger partial charge in [0.05, 0.1) is 16.7 Å². The van der Waals surface area contributed by atoms with E-state index in [2.05, 4.69) is 121 Å². The lowest BCUT2D eigenvalue weighted by Gasteiger charge is -2.54. The minimum atomic E-state index is -0.930. The number of fused-ring (bicyclic) bond motifs is 6. The molecule has 38 heavy (non-hydrogen) atoms. The summed E-state index contributed by atoms with van der Waals surface area (Å²) in [6.45, 7) is 4.82. The van der Waals surface area contributed by atoms with Crippen LogP contribution in [0.15, 0.2) is 95.4 Å². The molecule has 2 nitrogen and oxygen atoms in total. The van der Waals surface area contributed by atoms with Crippen LogP contribution in [-0.2, 0) is 5.41 Å². The van der Waals surface area contributed by atoms with Crippen LogP contribution in [-0.4, -0.2) is 28.4 Å². The number of rotatable bonds is 1. The molecule has 3 heteroatoms. The van der Waals surface area contributed by atoms with Crippen molar-refractivity contribution in [3.63, 3.8) is 0 Å². The maximum Gasteiger partial charge on any atom is 0.0578 e. The first-order valence-electron chi connectivity index (χ1n) is 14.1. The van der Waals surface area contributed by atoms with Crippen LogP contribution in [0.1, 0.15) is 45.1 Å². The second-order valence-corrected chi connectivity index (χ2v) is 16.2. The first kappa shape index (κ1) is 22.8. The molecular formula is C35H36N2S. The molecule has 2 aliphatic carbocycles. The van der Waals surface area contributed by atoms with E-state index in [1.807, 2.05) is 0 Å². The van der Waals surface area contributed by atoms with E-state index in [1.54, 1.807) is 4.90 Å². The fourth-order valence-corrected chi connectivity index (χ4v) is 11.0. The van der Waals surface area contributed by atoms with Gasteiger partial charge in [-0.15, -0.1) is 0 Å². The predicted molar refractivity (Wildman–Crippen MR) is 166 cm³/mol. The zero-order chi connectivity index (χ0) is 25.8. The van der Waals surface area contributed by atoms with Gasteiger partial charge in [-0.1, -0.05) is 68.5 Å². The van der Waals surface area contributed by atoms with Gasteiger partial charge in [-0.25, -0.2) is 10.0 Å². The molecule has 0 spiro atoms. The van der Waals surface area contributed by atoms with Crippen LogP contribution < -0.4 is 4.90 Å². The van der Waals surface area contributed by atoms with E-state index in [1.165, 1.54) is 62.9 Å². The van der Waals surface area contributed by atoms with Crippen molar-refractivity contribution in [1.82, 2.24) is 4.57 Å². The van der Waals surface area contributed by atoms with Gasteiger partial charge in [0.2, 0.25) is 0 Å². The maximum atomic E-state index is 2.70. The first-order chi connectivity index (χ1) is 18.4. The van der Waals surface area contributed by atoms with Crippen molar-refractivity contribution >= 4 is 48.9 Å². The number of hydrogen-bond acceptors (Lipinski definition) is 1. The van der Waals surface area contributed by atoms with Crippen molar-refractivity contribution in [2.75, 3.05) is 17.4 Å². The Morgan fingerprint density at radius 2 is 1.76 bits per heavy atom. The predicted octanol–water partition coefficient (Wildman–Crippen LogP) is 9.31. The minimum absolute atomic E-state index is 0.0147. The molecule has 2 atom stereocenters. The third kappa shape index (κ3) is 2.81.